The van der Waals surface area contributed by atoms with E-state index in [0.29, 0.717) is 36.8 Å². The van der Waals surface area contributed by atoms with Crippen LogP contribution < -0.4 is 10.6 Å². The molecule has 0 bridgehead atoms. The van der Waals surface area contributed by atoms with Gasteiger partial charge in [0, 0.05) is 17.6 Å². The van der Waals surface area contributed by atoms with Gasteiger partial charge in [-0.05, 0) is 125 Å². The number of hydrogen-bond acceptors (Lipinski definition) is 4. The third kappa shape index (κ3) is 11.0. The maximum atomic E-state index is 13.1. The van der Waals surface area contributed by atoms with Crippen LogP contribution in [0.4, 0.5) is 14.0 Å². The topological polar surface area (TPSA) is 76.7 Å². The van der Waals surface area contributed by atoms with Gasteiger partial charge in [0.25, 0.3) is 0 Å². The van der Waals surface area contributed by atoms with Gasteiger partial charge in [0.15, 0.2) is 0 Å². The van der Waals surface area contributed by atoms with E-state index in [1.54, 1.807) is 12.1 Å². The lowest BCUT2D eigenvalue weighted by atomic mass is 10.0. The van der Waals surface area contributed by atoms with Crippen molar-refractivity contribution in [3.63, 3.8) is 0 Å². The average Bonchev–Trinajstić information content (AvgIpc) is 3.85. The van der Waals surface area contributed by atoms with Gasteiger partial charge in [-0.1, -0.05) is 64.5 Å². The van der Waals surface area contributed by atoms with E-state index in [4.69, 9.17) is 9.47 Å². The summed E-state index contributed by atoms with van der Waals surface area (Å²) in [4.78, 5) is 23.3. The molecule has 0 spiro atoms. The zero-order valence-electron chi connectivity index (χ0n) is 26.5. The first-order chi connectivity index (χ1) is 20.7. The molecule has 44 heavy (non-hydrogen) atoms. The van der Waals surface area contributed by atoms with Gasteiger partial charge in [0.2, 0.25) is 0 Å². The van der Waals surface area contributed by atoms with Gasteiger partial charge < -0.3 is 20.1 Å². The molecule has 0 radical (unpaired) electrons. The Morgan fingerprint density at radius 2 is 1.20 bits per heavy atom. The summed E-state index contributed by atoms with van der Waals surface area (Å²) in [6.07, 6.45) is 1.50. The lowest BCUT2D eigenvalue weighted by Crippen LogP contribution is -2.33. The van der Waals surface area contributed by atoms with Crippen LogP contribution in [0.1, 0.15) is 77.3 Å². The molecule has 3 aromatic rings. The summed E-state index contributed by atoms with van der Waals surface area (Å²) in [6, 6.07) is 23.3. The number of nitrogens with one attached hydrogen (secondary N) is 2. The summed E-state index contributed by atoms with van der Waals surface area (Å²) in [6.45, 7) is 12.5. The van der Waals surface area contributed by atoms with Crippen LogP contribution in [0, 0.1) is 17.7 Å². The first-order valence-electron chi connectivity index (χ1n) is 15.2. The molecular weight excluding hydrogens is 623 g/mol. The monoisotopic (exact) mass is 666 g/mol. The van der Waals surface area contributed by atoms with E-state index >= 15 is 0 Å². The van der Waals surface area contributed by atoms with E-state index in [1.165, 1.54) is 23.3 Å². The number of benzene rings is 3. The first-order valence-corrected chi connectivity index (χ1v) is 16.0. The molecule has 2 N–H and O–H groups in total. The number of ether oxygens (including phenoxy) is 2. The quantitative estimate of drug-likeness (QED) is 0.264. The smallest absolute Gasteiger partial charge is 0.407 e. The van der Waals surface area contributed by atoms with E-state index in [2.05, 4.69) is 56.9 Å². The SMILES string of the molecule is CC(C)(C)OC(=O)NCC1CC1c1cccc(-c2ccc(F)cc2)c1.CC(C)(C)OC(=O)NCC1CC1c1cccc(Br)c1. The Morgan fingerprint density at radius 1 is 0.727 bits per heavy atom. The van der Waals surface area contributed by atoms with E-state index in [0.717, 1.165) is 28.4 Å². The van der Waals surface area contributed by atoms with Crippen molar-refractivity contribution in [2.75, 3.05) is 13.1 Å². The molecule has 236 valence electrons. The van der Waals surface area contributed by atoms with Gasteiger partial charge in [-0.2, -0.15) is 0 Å². The number of halogens is 2. The Labute approximate surface area is 269 Å². The lowest BCUT2D eigenvalue weighted by Gasteiger charge is -2.19. The van der Waals surface area contributed by atoms with Crippen LogP contribution in [0.15, 0.2) is 77.3 Å². The maximum Gasteiger partial charge on any atom is 0.407 e. The fraction of sp³-hybridized carbons (Fsp3) is 0.444. The highest BCUT2D eigenvalue weighted by Crippen LogP contribution is 2.48. The minimum absolute atomic E-state index is 0.227. The average molecular weight is 668 g/mol. The first kappa shape index (κ1) is 33.5. The van der Waals surface area contributed by atoms with Crippen LogP contribution in [-0.4, -0.2) is 36.5 Å². The third-order valence-corrected chi connectivity index (χ3v) is 7.92. The fourth-order valence-corrected chi connectivity index (χ4v) is 5.57. The van der Waals surface area contributed by atoms with Crippen LogP contribution >= 0.6 is 15.9 Å². The Bertz CT molecular complexity index is 1430. The number of alkyl carbamates (subject to hydrolysis) is 2. The number of rotatable bonds is 7. The molecule has 6 nitrogen and oxygen atoms in total. The van der Waals surface area contributed by atoms with Gasteiger partial charge in [-0.3, -0.25) is 0 Å². The van der Waals surface area contributed by atoms with Crippen molar-refractivity contribution in [2.45, 2.75) is 77.4 Å². The number of carbonyl (C=O) groups excluding carboxylic acids is 2. The molecule has 0 aliphatic heterocycles. The summed E-state index contributed by atoms with van der Waals surface area (Å²) in [5, 5.41) is 5.69. The van der Waals surface area contributed by atoms with Crippen molar-refractivity contribution in [3.05, 3.63) is 94.2 Å². The highest BCUT2D eigenvalue weighted by molar-refractivity contribution is 9.10. The summed E-state index contributed by atoms with van der Waals surface area (Å²) >= 11 is 3.48. The molecule has 2 aliphatic carbocycles. The summed E-state index contributed by atoms with van der Waals surface area (Å²) < 4.78 is 24.7. The molecule has 4 atom stereocenters. The maximum absolute atomic E-state index is 13.1. The summed E-state index contributed by atoms with van der Waals surface area (Å²) in [7, 11) is 0. The van der Waals surface area contributed by atoms with Gasteiger partial charge in [0.1, 0.15) is 17.0 Å². The Morgan fingerprint density at radius 3 is 1.68 bits per heavy atom. The number of carbonyl (C=O) groups is 2. The van der Waals surface area contributed by atoms with E-state index in [-0.39, 0.29) is 18.0 Å². The van der Waals surface area contributed by atoms with Crippen LogP contribution in [-0.2, 0) is 9.47 Å². The second-order valence-electron chi connectivity index (χ2n) is 13.7. The fourth-order valence-electron chi connectivity index (χ4n) is 5.15. The van der Waals surface area contributed by atoms with E-state index < -0.39 is 11.2 Å². The molecule has 0 aromatic heterocycles. The highest BCUT2D eigenvalue weighted by Gasteiger charge is 2.39. The molecule has 2 amide bonds. The molecule has 8 heteroatoms. The zero-order chi connectivity index (χ0) is 32.1. The normalized spacial score (nSPS) is 20.5. The molecule has 2 fully saturated rings. The minimum atomic E-state index is -0.476. The van der Waals surface area contributed by atoms with Crippen molar-refractivity contribution in [2.24, 2.45) is 11.8 Å². The molecule has 2 saturated carbocycles. The largest absolute Gasteiger partial charge is 0.444 e. The molecule has 0 heterocycles. The van der Waals surface area contributed by atoms with Gasteiger partial charge in [-0.25, -0.2) is 14.0 Å². The van der Waals surface area contributed by atoms with Gasteiger partial charge in [0.05, 0.1) is 0 Å². The van der Waals surface area contributed by atoms with Crippen molar-refractivity contribution in [3.8, 4) is 11.1 Å². The van der Waals surface area contributed by atoms with Crippen molar-refractivity contribution < 1.29 is 23.5 Å². The van der Waals surface area contributed by atoms with Crippen LogP contribution in [0.2, 0.25) is 0 Å². The number of amides is 2. The minimum Gasteiger partial charge on any atom is -0.444 e. The van der Waals surface area contributed by atoms with Gasteiger partial charge in [-0.15, -0.1) is 0 Å². The molecule has 3 aromatic carbocycles. The molecule has 4 unspecified atom stereocenters. The summed E-state index contributed by atoms with van der Waals surface area (Å²) in [5.41, 5.74) is 3.78. The Hall–Kier alpha value is -3.39. The van der Waals surface area contributed by atoms with Crippen LogP contribution in [0.3, 0.4) is 0 Å². The predicted octanol–water partition coefficient (Wildman–Crippen LogP) is 9.20. The van der Waals surface area contributed by atoms with Crippen molar-refractivity contribution in [1.29, 1.82) is 0 Å². The summed E-state index contributed by atoms with van der Waals surface area (Å²) in [5.74, 6) is 1.76. The van der Waals surface area contributed by atoms with Crippen molar-refractivity contribution >= 4 is 28.1 Å². The van der Waals surface area contributed by atoms with Crippen LogP contribution in [0.25, 0.3) is 11.1 Å². The predicted molar refractivity (Wildman–Crippen MR) is 176 cm³/mol. The second kappa shape index (κ2) is 14.1. The Balaban J connectivity index is 0.000000209. The van der Waals surface area contributed by atoms with Gasteiger partial charge >= 0.3 is 12.2 Å². The highest BCUT2D eigenvalue weighted by atomic mass is 79.9. The zero-order valence-corrected chi connectivity index (χ0v) is 28.0. The van der Waals surface area contributed by atoms with Crippen LogP contribution in [0.5, 0.6) is 0 Å². The molecular formula is C36H44BrFN2O4. The third-order valence-electron chi connectivity index (χ3n) is 7.43. The Kier molecular flexibility index (Phi) is 10.8. The standard InChI is InChI=1S/C21H24FNO2.C15H20BrNO2/c1-21(2,3)25-20(24)23-13-17-12-19(17)16-6-4-5-15(11-16)14-7-9-18(22)10-8-14;1-15(2,3)19-14(18)17-9-11-8-13(11)10-5-4-6-12(16)7-10/h4-11,17,19H,12-13H2,1-3H3,(H,23,24);4-7,11,13H,8-9H2,1-3H3,(H,17,18). The lowest BCUT2D eigenvalue weighted by molar-refractivity contribution is 0.0513. The van der Waals surface area contributed by atoms with E-state index in [9.17, 15) is 14.0 Å². The molecule has 2 aliphatic rings. The molecule has 5 rings (SSSR count). The second-order valence-corrected chi connectivity index (χ2v) is 14.6. The van der Waals surface area contributed by atoms with Crippen molar-refractivity contribution in [1.82, 2.24) is 10.6 Å². The molecule has 0 saturated heterocycles. The number of hydrogen-bond donors (Lipinski definition) is 2. The van der Waals surface area contributed by atoms with E-state index in [1.807, 2.05) is 59.7 Å².